The second kappa shape index (κ2) is 3.20. The van der Waals surface area contributed by atoms with Crippen molar-refractivity contribution in [2.24, 2.45) is 22.7 Å². The monoisotopic (exact) mass is 252 g/mol. The molecule has 0 amide bonds. The van der Waals surface area contributed by atoms with E-state index in [0.717, 1.165) is 6.42 Å². The van der Waals surface area contributed by atoms with Crippen LogP contribution in [0.2, 0.25) is 0 Å². The van der Waals surface area contributed by atoms with Crippen LogP contribution < -0.4 is 0 Å². The Labute approximate surface area is 109 Å². The van der Waals surface area contributed by atoms with Gasteiger partial charge in [-0.3, -0.25) is 0 Å². The predicted octanol–water partition coefficient (Wildman–Crippen LogP) is 1.47. The van der Waals surface area contributed by atoms with E-state index >= 15 is 0 Å². The van der Waals surface area contributed by atoms with Crippen LogP contribution in [0, 0.1) is 22.7 Å². The Morgan fingerprint density at radius 1 is 1.17 bits per heavy atom. The minimum absolute atomic E-state index is 0.0119. The Hall–Kier alpha value is -0.380. The SMILES string of the molecule is C=C1C(O)CC2CC3(C)C(O)CC(C)(C)C3C12O. The molecule has 3 rings (SSSR count). The lowest BCUT2D eigenvalue weighted by molar-refractivity contribution is -0.0462. The van der Waals surface area contributed by atoms with Gasteiger partial charge in [-0.25, -0.2) is 0 Å². The average Bonchev–Trinajstić information content (AvgIpc) is 2.64. The maximum absolute atomic E-state index is 11.2. The van der Waals surface area contributed by atoms with Crippen molar-refractivity contribution in [3.8, 4) is 0 Å². The molecule has 3 heteroatoms. The summed E-state index contributed by atoms with van der Waals surface area (Å²) in [4.78, 5) is 0. The molecule has 0 aromatic rings. The van der Waals surface area contributed by atoms with E-state index in [-0.39, 0.29) is 28.8 Å². The first-order chi connectivity index (χ1) is 8.14. The van der Waals surface area contributed by atoms with Crippen LogP contribution in [-0.4, -0.2) is 33.1 Å². The van der Waals surface area contributed by atoms with Gasteiger partial charge in [0.2, 0.25) is 0 Å². The highest BCUT2D eigenvalue weighted by Gasteiger charge is 2.73. The molecule has 0 saturated heterocycles. The molecule has 3 aliphatic carbocycles. The summed E-state index contributed by atoms with van der Waals surface area (Å²) in [6, 6.07) is 0. The third-order valence-electron chi connectivity index (χ3n) is 6.09. The van der Waals surface area contributed by atoms with Gasteiger partial charge in [0.1, 0.15) is 0 Å². The minimum Gasteiger partial charge on any atom is -0.393 e. The molecule has 3 aliphatic rings. The Morgan fingerprint density at radius 2 is 1.78 bits per heavy atom. The first-order valence-electron chi connectivity index (χ1n) is 6.92. The Balaban J connectivity index is 2.13. The van der Waals surface area contributed by atoms with Gasteiger partial charge in [-0.05, 0) is 36.2 Å². The van der Waals surface area contributed by atoms with Gasteiger partial charge in [0, 0.05) is 11.3 Å². The molecule has 3 nitrogen and oxygen atoms in total. The third kappa shape index (κ3) is 1.16. The highest BCUT2D eigenvalue weighted by molar-refractivity contribution is 5.35. The summed E-state index contributed by atoms with van der Waals surface area (Å²) in [6.07, 6.45) is 1.14. The number of hydrogen-bond donors (Lipinski definition) is 3. The van der Waals surface area contributed by atoms with Crippen LogP contribution in [0.15, 0.2) is 12.2 Å². The number of aliphatic hydroxyl groups excluding tert-OH is 2. The van der Waals surface area contributed by atoms with Crippen LogP contribution >= 0.6 is 0 Å². The van der Waals surface area contributed by atoms with Crippen molar-refractivity contribution in [3.63, 3.8) is 0 Å². The normalized spacial score (nSPS) is 57.8. The maximum atomic E-state index is 11.2. The van der Waals surface area contributed by atoms with Crippen molar-refractivity contribution in [1.29, 1.82) is 0 Å². The maximum Gasteiger partial charge on any atom is 0.0947 e. The van der Waals surface area contributed by atoms with Crippen LogP contribution in [0.3, 0.4) is 0 Å². The van der Waals surface area contributed by atoms with Crippen molar-refractivity contribution in [2.45, 2.75) is 57.8 Å². The molecule has 0 bridgehead atoms. The van der Waals surface area contributed by atoms with Gasteiger partial charge < -0.3 is 15.3 Å². The number of rotatable bonds is 0. The predicted molar refractivity (Wildman–Crippen MR) is 68.8 cm³/mol. The van der Waals surface area contributed by atoms with E-state index in [1.807, 2.05) is 0 Å². The highest BCUT2D eigenvalue weighted by atomic mass is 16.3. The fourth-order valence-electron chi connectivity index (χ4n) is 5.60. The van der Waals surface area contributed by atoms with E-state index in [2.05, 4.69) is 27.4 Å². The molecule has 6 atom stereocenters. The molecule has 0 spiro atoms. The molecule has 3 N–H and O–H groups in total. The van der Waals surface area contributed by atoms with Gasteiger partial charge >= 0.3 is 0 Å². The standard InChI is InChI=1S/C15H24O3/c1-8-10(16)5-9-6-14(4)11(17)7-13(2,3)12(14)15(8,9)18/h9-12,16-18H,1,5-7H2,2-4H3. The van der Waals surface area contributed by atoms with E-state index in [1.54, 1.807) is 0 Å². The molecular formula is C15H24O3. The number of aliphatic hydroxyl groups is 3. The topological polar surface area (TPSA) is 60.7 Å². The van der Waals surface area contributed by atoms with E-state index < -0.39 is 11.7 Å². The van der Waals surface area contributed by atoms with E-state index in [0.29, 0.717) is 18.4 Å². The second-order valence-electron chi connectivity index (χ2n) is 7.65. The Morgan fingerprint density at radius 3 is 2.39 bits per heavy atom. The molecule has 0 aromatic carbocycles. The van der Waals surface area contributed by atoms with Crippen molar-refractivity contribution >= 4 is 0 Å². The summed E-state index contributed by atoms with van der Waals surface area (Å²) in [7, 11) is 0. The van der Waals surface area contributed by atoms with E-state index in [9.17, 15) is 15.3 Å². The summed E-state index contributed by atoms with van der Waals surface area (Å²) in [5.74, 6) is 0.0337. The lowest BCUT2D eigenvalue weighted by Gasteiger charge is -2.42. The zero-order valence-electron chi connectivity index (χ0n) is 11.5. The summed E-state index contributed by atoms with van der Waals surface area (Å²) in [6.45, 7) is 10.3. The smallest absolute Gasteiger partial charge is 0.0947 e. The van der Waals surface area contributed by atoms with Gasteiger partial charge in [-0.15, -0.1) is 0 Å². The first kappa shape index (κ1) is 12.6. The fraction of sp³-hybridized carbons (Fsp3) is 0.867. The van der Waals surface area contributed by atoms with Crippen molar-refractivity contribution in [3.05, 3.63) is 12.2 Å². The minimum atomic E-state index is -0.991. The molecule has 3 fully saturated rings. The number of fused-ring (bicyclic) bond motifs is 3. The molecule has 0 aliphatic heterocycles. The second-order valence-corrected chi connectivity index (χ2v) is 7.65. The highest BCUT2D eigenvalue weighted by Crippen LogP contribution is 2.71. The van der Waals surface area contributed by atoms with Gasteiger partial charge in [0.05, 0.1) is 17.8 Å². The first-order valence-corrected chi connectivity index (χ1v) is 6.92. The van der Waals surface area contributed by atoms with Crippen LogP contribution in [0.25, 0.3) is 0 Å². The fourth-order valence-corrected chi connectivity index (χ4v) is 5.60. The molecule has 0 heterocycles. The number of hydrogen-bond acceptors (Lipinski definition) is 3. The van der Waals surface area contributed by atoms with E-state index in [4.69, 9.17) is 0 Å². The van der Waals surface area contributed by atoms with Crippen LogP contribution in [0.5, 0.6) is 0 Å². The van der Waals surface area contributed by atoms with Crippen molar-refractivity contribution < 1.29 is 15.3 Å². The average molecular weight is 252 g/mol. The lowest BCUT2D eigenvalue weighted by atomic mass is 9.66. The molecular weight excluding hydrogens is 228 g/mol. The molecule has 102 valence electrons. The van der Waals surface area contributed by atoms with Crippen molar-refractivity contribution in [1.82, 2.24) is 0 Å². The summed E-state index contributed by atoms with van der Waals surface area (Å²) in [5, 5.41) is 31.6. The molecule has 3 saturated carbocycles. The summed E-state index contributed by atoms with van der Waals surface area (Å²) < 4.78 is 0. The van der Waals surface area contributed by atoms with Gasteiger partial charge in [-0.1, -0.05) is 27.4 Å². The molecule has 0 radical (unpaired) electrons. The Kier molecular flexibility index (Phi) is 2.24. The lowest BCUT2D eigenvalue weighted by Crippen LogP contribution is -2.46. The summed E-state index contributed by atoms with van der Waals surface area (Å²) >= 11 is 0. The molecule has 6 unspecified atom stereocenters. The van der Waals surface area contributed by atoms with Crippen LogP contribution in [-0.2, 0) is 0 Å². The largest absolute Gasteiger partial charge is 0.393 e. The van der Waals surface area contributed by atoms with Gasteiger partial charge in [-0.2, -0.15) is 0 Å². The molecule has 18 heavy (non-hydrogen) atoms. The summed E-state index contributed by atoms with van der Waals surface area (Å²) in [5.41, 5.74) is -0.783. The van der Waals surface area contributed by atoms with Gasteiger partial charge in [0.15, 0.2) is 0 Å². The van der Waals surface area contributed by atoms with E-state index in [1.165, 1.54) is 0 Å². The zero-order chi connectivity index (χ0) is 13.5. The Bertz CT molecular complexity index is 416. The zero-order valence-corrected chi connectivity index (χ0v) is 11.5. The van der Waals surface area contributed by atoms with Gasteiger partial charge in [0.25, 0.3) is 0 Å². The molecule has 0 aromatic heterocycles. The quantitative estimate of drug-likeness (QED) is 0.572. The van der Waals surface area contributed by atoms with Crippen molar-refractivity contribution in [2.75, 3.05) is 0 Å². The third-order valence-corrected chi connectivity index (χ3v) is 6.09. The van der Waals surface area contributed by atoms with Crippen LogP contribution in [0.1, 0.15) is 40.0 Å². The van der Waals surface area contributed by atoms with Crippen LogP contribution in [0.4, 0.5) is 0 Å².